The maximum absolute atomic E-state index is 8.58. The van der Waals surface area contributed by atoms with E-state index in [2.05, 4.69) is 0 Å². The van der Waals surface area contributed by atoms with Gasteiger partial charge in [-0.25, -0.2) is 0 Å². The van der Waals surface area contributed by atoms with Crippen molar-refractivity contribution < 1.29 is 27.2 Å². The summed E-state index contributed by atoms with van der Waals surface area (Å²) in [5.41, 5.74) is 0. The average molecular weight is 266 g/mol. The van der Waals surface area contributed by atoms with Crippen molar-refractivity contribution >= 4 is 0 Å². The van der Waals surface area contributed by atoms with Gasteiger partial charge in [0.25, 0.3) is 0 Å². The Kier molecular flexibility index (Phi) is 6.87. The summed E-state index contributed by atoms with van der Waals surface area (Å²) in [6.45, 7) is 0. The minimum absolute atomic E-state index is 0. The molecule has 6 N–H and O–H groups in total. The van der Waals surface area contributed by atoms with Gasteiger partial charge in [0.05, 0.1) is 0 Å². The van der Waals surface area contributed by atoms with Crippen molar-refractivity contribution in [1.29, 1.82) is 31.6 Å². The molecule has 0 atom stereocenters. The monoisotopic (exact) mass is 266 g/mol. The van der Waals surface area contributed by atoms with Gasteiger partial charge in [-0.2, -0.15) is 0 Å². The maximum Gasteiger partial charge on any atom is -0.412 e. The SMILES string of the molecule is N#[C][Fe]([C]#N)([C]#N)([C]#N)([C]#N)[C]#N.O.O.O. The minimum atomic E-state index is -6.17. The molecule has 0 aromatic carbocycles. The van der Waals surface area contributed by atoms with Crippen molar-refractivity contribution in [2.75, 3.05) is 0 Å². The molecular formula is C6H6FeN6O3. The molecule has 9 nitrogen and oxygen atoms in total. The number of nitrogens with zero attached hydrogens (tertiary/aromatic N) is 6. The zero-order valence-electron chi connectivity index (χ0n) is 7.54. The molecule has 0 aromatic rings. The molecule has 0 amide bonds. The van der Waals surface area contributed by atoms with Crippen LogP contribution in [0.5, 0.6) is 0 Å². The molecule has 0 bridgehead atoms. The largest absolute Gasteiger partial charge is 0.412 e. The van der Waals surface area contributed by atoms with Crippen molar-refractivity contribution in [3.8, 4) is 29.8 Å². The maximum atomic E-state index is 8.58. The van der Waals surface area contributed by atoms with Crippen LogP contribution in [-0.2, 0) is 10.7 Å². The standard InChI is InChI=1S/6CN.Fe.3H2O/c6*1-2;;;;/h;;;;;;;3*1H2. The van der Waals surface area contributed by atoms with Crippen LogP contribution in [0.1, 0.15) is 0 Å². The first-order valence-corrected chi connectivity index (χ1v) is 5.71. The van der Waals surface area contributed by atoms with E-state index in [0.29, 0.717) is 0 Å². The van der Waals surface area contributed by atoms with Crippen LogP contribution in [0.3, 0.4) is 0 Å². The molecule has 86 valence electrons. The zero-order chi connectivity index (χ0) is 10.7. The topological polar surface area (TPSA) is 237 Å². The molecule has 16 heavy (non-hydrogen) atoms. The zero-order valence-corrected chi connectivity index (χ0v) is 8.64. The van der Waals surface area contributed by atoms with E-state index < -0.39 is 10.7 Å². The molecule has 0 aliphatic carbocycles. The van der Waals surface area contributed by atoms with Crippen LogP contribution in [0.15, 0.2) is 0 Å². The molecule has 0 heterocycles. The first-order valence-electron chi connectivity index (χ1n) is 2.40. The van der Waals surface area contributed by atoms with Crippen molar-refractivity contribution in [3.05, 3.63) is 0 Å². The number of nitriles is 6. The summed E-state index contributed by atoms with van der Waals surface area (Å²) in [5.74, 6) is 0. The first kappa shape index (κ1) is 23.3. The molecule has 0 rings (SSSR count). The Morgan fingerprint density at radius 1 is 0.438 bits per heavy atom. The van der Waals surface area contributed by atoms with Crippen LogP contribution in [0.2, 0.25) is 0 Å². The molecule has 0 radical (unpaired) electrons. The van der Waals surface area contributed by atoms with E-state index in [-0.39, 0.29) is 16.4 Å². The molecule has 0 saturated carbocycles. The molecule has 0 spiro atoms. The fraction of sp³-hybridized carbons (Fsp3) is 0. The summed E-state index contributed by atoms with van der Waals surface area (Å²) in [6.07, 6.45) is 0. The quantitative estimate of drug-likeness (QED) is 0.433. The van der Waals surface area contributed by atoms with Crippen LogP contribution in [0, 0.1) is 61.4 Å². The fourth-order valence-electron chi connectivity index (χ4n) is 0.265. The predicted molar refractivity (Wildman–Crippen MR) is 44.5 cm³/mol. The van der Waals surface area contributed by atoms with Crippen molar-refractivity contribution in [2.24, 2.45) is 0 Å². The van der Waals surface area contributed by atoms with E-state index in [1.807, 2.05) is 0 Å². The predicted octanol–water partition coefficient (Wildman–Crippen LogP) is -2.38. The number of hydrogen-bond donors (Lipinski definition) is 0. The van der Waals surface area contributed by atoms with Crippen LogP contribution in [0.25, 0.3) is 0 Å². The second-order valence-corrected chi connectivity index (χ2v) is 7.42. The van der Waals surface area contributed by atoms with Gasteiger partial charge >= 0.3 is 72.1 Å². The van der Waals surface area contributed by atoms with Crippen LogP contribution in [0.4, 0.5) is 0 Å². The molecule has 10 heteroatoms. The second-order valence-electron chi connectivity index (χ2n) is 1.80. The summed E-state index contributed by atoms with van der Waals surface area (Å²) in [5, 5.41) is 51.5. The number of hydrogen-bond acceptors (Lipinski definition) is 6. The van der Waals surface area contributed by atoms with Crippen LogP contribution in [-0.4, -0.2) is 16.4 Å². The van der Waals surface area contributed by atoms with Crippen molar-refractivity contribution in [2.45, 2.75) is 0 Å². The smallest absolute Gasteiger partial charge is 0.412 e. The summed E-state index contributed by atoms with van der Waals surface area (Å²) < 4.78 is 0. The second kappa shape index (κ2) is 4.72. The van der Waals surface area contributed by atoms with Gasteiger partial charge in [-0.05, 0) is 0 Å². The molecular weight excluding hydrogens is 260 g/mol. The molecule has 0 aliphatic heterocycles. The Morgan fingerprint density at radius 2 is 0.562 bits per heavy atom. The van der Waals surface area contributed by atoms with Gasteiger partial charge in [-0.15, -0.1) is 0 Å². The van der Waals surface area contributed by atoms with E-state index in [4.69, 9.17) is 31.6 Å². The van der Waals surface area contributed by atoms with Crippen molar-refractivity contribution in [3.63, 3.8) is 0 Å². The molecule has 0 saturated heterocycles. The van der Waals surface area contributed by atoms with E-state index in [1.165, 1.54) is 0 Å². The van der Waals surface area contributed by atoms with Gasteiger partial charge in [0.1, 0.15) is 0 Å². The van der Waals surface area contributed by atoms with Gasteiger partial charge in [-0.3, -0.25) is 0 Å². The molecule has 0 aromatic heterocycles. The van der Waals surface area contributed by atoms with E-state index >= 15 is 0 Å². The third-order valence-electron chi connectivity index (χ3n) is 1.19. The van der Waals surface area contributed by atoms with Gasteiger partial charge in [0.15, 0.2) is 0 Å². The van der Waals surface area contributed by atoms with Crippen LogP contribution < -0.4 is 0 Å². The number of rotatable bonds is 0. The van der Waals surface area contributed by atoms with E-state index in [1.54, 1.807) is 0 Å². The van der Waals surface area contributed by atoms with Gasteiger partial charge in [-0.1, -0.05) is 0 Å². The fourth-order valence-corrected chi connectivity index (χ4v) is 1.09. The van der Waals surface area contributed by atoms with E-state index in [0.717, 1.165) is 29.8 Å². The summed E-state index contributed by atoms with van der Waals surface area (Å²) in [4.78, 5) is 6.19. The molecule has 0 fully saturated rings. The van der Waals surface area contributed by atoms with E-state index in [9.17, 15) is 0 Å². The third-order valence-corrected chi connectivity index (χ3v) is 4.89. The Bertz CT molecular complexity index is 398. The average Bonchev–Trinajstić information content (AvgIpc) is 2.26. The Balaban J connectivity index is -0.000000240. The first-order chi connectivity index (χ1) is 5.97. The summed E-state index contributed by atoms with van der Waals surface area (Å²) in [7, 11) is -6.17. The van der Waals surface area contributed by atoms with Gasteiger partial charge in [0.2, 0.25) is 0 Å². The Hall–Kier alpha value is -2.66. The minimum Gasteiger partial charge on any atom is -0.412 e. The van der Waals surface area contributed by atoms with Gasteiger partial charge < -0.3 is 16.4 Å². The molecule has 0 aliphatic rings. The van der Waals surface area contributed by atoms with Crippen LogP contribution >= 0.6 is 0 Å². The normalized spacial score (nSPS) is 10.9. The summed E-state index contributed by atoms with van der Waals surface area (Å²) >= 11 is 0. The van der Waals surface area contributed by atoms with Crippen molar-refractivity contribution in [1.82, 2.24) is 0 Å². The Morgan fingerprint density at radius 3 is 0.562 bits per heavy atom. The summed E-state index contributed by atoms with van der Waals surface area (Å²) in [6, 6.07) is 0. The van der Waals surface area contributed by atoms with Gasteiger partial charge in [0, 0.05) is 0 Å². The Labute approximate surface area is 89.0 Å². The third kappa shape index (κ3) is 1.62. The molecule has 0 unspecified atom stereocenters.